The zero-order valence-electron chi connectivity index (χ0n) is 25.8. The van der Waals surface area contributed by atoms with Crippen molar-refractivity contribution in [1.29, 1.82) is 0 Å². The molecule has 4 rings (SSSR count). The molecule has 1 aromatic rings. The van der Waals surface area contributed by atoms with Gasteiger partial charge in [-0.15, -0.1) is 0 Å². The van der Waals surface area contributed by atoms with E-state index in [1.54, 1.807) is 0 Å². The third kappa shape index (κ3) is 9.04. The Kier molecular flexibility index (Phi) is 11.8. The van der Waals surface area contributed by atoms with E-state index in [9.17, 15) is 0 Å². The van der Waals surface area contributed by atoms with E-state index >= 15 is 0 Å². The fraction of sp³-hybridized carbons (Fsp3) is 0.647. The Morgan fingerprint density at radius 3 is 2.42 bits per heavy atom. The fourth-order valence-electron chi connectivity index (χ4n) is 6.45. The molecule has 2 heterocycles. The number of anilines is 1. The molecule has 6 nitrogen and oxygen atoms in total. The highest BCUT2D eigenvalue weighted by Gasteiger charge is 2.24. The first-order valence-electron chi connectivity index (χ1n) is 15.9. The Balaban J connectivity index is 1.36. The molecular formula is C34H54N6. The van der Waals surface area contributed by atoms with E-state index in [-0.39, 0.29) is 0 Å². The number of rotatable bonds is 10. The van der Waals surface area contributed by atoms with Crippen molar-refractivity contribution in [1.82, 2.24) is 15.1 Å². The number of nitrogens with one attached hydrogen (secondary N) is 1. The summed E-state index contributed by atoms with van der Waals surface area (Å²) in [5.74, 6) is 1.66. The highest BCUT2D eigenvalue weighted by Crippen LogP contribution is 2.36. The van der Waals surface area contributed by atoms with E-state index in [0.717, 1.165) is 69.9 Å². The zero-order chi connectivity index (χ0) is 28.3. The monoisotopic (exact) mass is 546 g/mol. The Morgan fingerprint density at radius 2 is 1.75 bits per heavy atom. The maximum atomic E-state index is 5.16. The molecule has 1 N–H and O–H groups in total. The van der Waals surface area contributed by atoms with Gasteiger partial charge in [0.15, 0.2) is 0 Å². The summed E-state index contributed by atoms with van der Waals surface area (Å²) in [5, 5.41) is 3.54. The number of allylic oxidation sites excluding steroid dienone is 1. The summed E-state index contributed by atoms with van der Waals surface area (Å²) in [4.78, 5) is 17.5. The number of aliphatic imine (C=N–C) groups is 2. The lowest BCUT2D eigenvalue weighted by Gasteiger charge is -2.33. The van der Waals surface area contributed by atoms with Gasteiger partial charge in [-0.3, -0.25) is 14.9 Å². The third-order valence-electron chi connectivity index (χ3n) is 8.77. The molecule has 2 aliphatic heterocycles. The molecule has 1 saturated carbocycles. The maximum absolute atomic E-state index is 5.16. The van der Waals surface area contributed by atoms with Gasteiger partial charge in [0.25, 0.3) is 0 Å². The normalized spacial score (nSPS) is 23.8. The molecule has 1 aliphatic carbocycles. The summed E-state index contributed by atoms with van der Waals surface area (Å²) >= 11 is 0. The molecule has 0 atom stereocenters. The van der Waals surface area contributed by atoms with Gasteiger partial charge in [-0.05, 0) is 114 Å². The van der Waals surface area contributed by atoms with Gasteiger partial charge in [-0.25, -0.2) is 0 Å². The number of amidine groups is 1. The van der Waals surface area contributed by atoms with Crippen LogP contribution < -0.4 is 10.2 Å². The predicted octanol–water partition coefficient (Wildman–Crippen LogP) is 6.52. The maximum Gasteiger partial charge on any atom is 0.124 e. The minimum atomic E-state index is 0.380. The number of aryl methyl sites for hydroxylation is 1. The van der Waals surface area contributed by atoms with Gasteiger partial charge < -0.3 is 15.1 Å². The van der Waals surface area contributed by atoms with Gasteiger partial charge in [0.1, 0.15) is 5.84 Å². The predicted molar refractivity (Wildman–Crippen MR) is 174 cm³/mol. The van der Waals surface area contributed by atoms with Crippen molar-refractivity contribution in [2.75, 3.05) is 57.8 Å². The number of benzene rings is 1. The highest BCUT2D eigenvalue weighted by atomic mass is 15.3. The van der Waals surface area contributed by atoms with E-state index in [2.05, 4.69) is 84.9 Å². The van der Waals surface area contributed by atoms with Crippen molar-refractivity contribution in [3.8, 4) is 0 Å². The lowest BCUT2D eigenvalue weighted by molar-refractivity contribution is 0.163. The van der Waals surface area contributed by atoms with E-state index in [4.69, 9.17) is 9.98 Å². The average Bonchev–Trinajstić information content (AvgIpc) is 2.95. The summed E-state index contributed by atoms with van der Waals surface area (Å²) < 4.78 is 0. The molecule has 3 fully saturated rings. The van der Waals surface area contributed by atoms with E-state index < -0.39 is 0 Å². The first kappa shape index (κ1) is 30.5. The van der Waals surface area contributed by atoms with Gasteiger partial charge in [0, 0.05) is 63.4 Å². The number of nitrogens with zero attached hydrogens (tertiary/aromatic N) is 5. The topological polar surface area (TPSA) is 46.5 Å². The van der Waals surface area contributed by atoms with Gasteiger partial charge in [0.05, 0.1) is 11.7 Å². The van der Waals surface area contributed by atoms with Crippen LogP contribution in [-0.4, -0.2) is 80.8 Å². The molecule has 3 aliphatic rings. The molecule has 2 saturated heterocycles. The Morgan fingerprint density at radius 1 is 1.02 bits per heavy atom. The first-order chi connectivity index (χ1) is 19.4. The van der Waals surface area contributed by atoms with Crippen LogP contribution in [0.5, 0.6) is 0 Å². The zero-order valence-corrected chi connectivity index (χ0v) is 25.8. The van der Waals surface area contributed by atoms with Gasteiger partial charge in [-0.1, -0.05) is 19.6 Å². The second kappa shape index (κ2) is 15.5. The number of hydrogen-bond acceptors (Lipinski definition) is 5. The molecule has 0 amide bonds. The summed E-state index contributed by atoms with van der Waals surface area (Å²) in [6.07, 6.45) is 17.1. The first-order valence-corrected chi connectivity index (χ1v) is 15.9. The summed E-state index contributed by atoms with van der Waals surface area (Å²) in [6.45, 7) is 18.5. The van der Waals surface area contributed by atoms with Crippen LogP contribution in [0.15, 0.2) is 46.5 Å². The fourth-order valence-corrected chi connectivity index (χ4v) is 6.45. The smallest absolute Gasteiger partial charge is 0.124 e. The van der Waals surface area contributed by atoms with Gasteiger partial charge >= 0.3 is 0 Å². The van der Waals surface area contributed by atoms with E-state index in [1.807, 2.05) is 0 Å². The molecule has 40 heavy (non-hydrogen) atoms. The lowest BCUT2D eigenvalue weighted by Crippen LogP contribution is -2.46. The van der Waals surface area contributed by atoms with Gasteiger partial charge in [-0.2, -0.15) is 0 Å². The molecule has 6 heteroatoms. The molecule has 0 unspecified atom stereocenters. The third-order valence-corrected chi connectivity index (χ3v) is 8.77. The SMILES string of the molecule is C=C(CN1CCN(C)CC1)NC(/C=C\C)=NC1CCC(Cc2cc(N3CCCCC3)cc(C)c2N=CCC)CC1. The number of likely N-dealkylation sites (N-methyl/N-ethyl adjacent to an activating group) is 1. The van der Waals surface area contributed by atoms with Crippen LogP contribution in [0.3, 0.4) is 0 Å². The van der Waals surface area contributed by atoms with Crippen molar-refractivity contribution in [3.63, 3.8) is 0 Å². The molecule has 0 aromatic heterocycles. The van der Waals surface area contributed by atoms with E-state index in [1.165, 1.54) is 67.7 Å². The van der Waals surface area contributed by atoms with Crippen LogP contribution >= 0.6 is 0 Å². The Bertz CT molecular complexity index is 1030. The van der Waals surface area contributed by atoms with Crippen LogP contribution in [0.25, 0.3) is 0 Å². The molecule has 0 bridgehead atoms. The lowest BCUT2D eigenvalue weighted by atomic mass is 9.82. The van der Waals surface area contributed by atoms with Crippen LogP contribution in [0.2, 0.25) is 0 Å². The summed E-state index contributed by atoms with van der Waals surface area (Å²) in [6, 6.07) is 5.21. The molecule has 0 radical (unpaired) electrons. The Labute approximate surface area is 244 Å². The van der Waals surface area contributed by atoms with Crippen LogP contribution in [0, 0.1) is 12.8 Å². The van der Waals surface area contributed by atoms with Crippen LogP contribution in [0.1, 0.15) is 76.3 Å². The summed E-state index contributed by atoms with van der Waals surface area (Å²) in [7, 11) is 2.20. The van der Waals surface area contributed by atoms with Crippen molar-refractivity contribution < 1.29 is 0 Å². The van der Waals surface area contributed by atoms with E-state index in [0.29, 0.717) is 12.0 Å². The molecule has 0 spiro atoms. The number of piperazine rings is 1. The Hall–Kier alpha value is -2.44. The van der Waals surface area contributed by atoms with Crippen LogP contribution in [0.4, 0.5) is 11.4 Å². The number of hydrogen-bond donors (Lipinski definition) is 1. The van der Waals surface area contributed by atoms with Crippen molar-refractivity contribution in [2.45, 2.75) is 84.6 Å². The second-order valence-electron chi connectivity index (χ2n) is 12.2. The van der Waals surface area contributed by atoms with Crippen molar-refractivity contribution >= 4 is 23.4 Å². The molecule has 1 aromatic carbocycles. The average molecular weight is 547 g/mol. The highest BCUT2D eigenvalue weighted by molar-refractivity contribution is 5.94. The standard InChI is InChI=1S/C34H54N6/c1-6-11-33(36-28(4)26-39-21-19-38(5)20-22-39)37-31-14-12-29(13-15-31)24-30-25-32(40-17-9-8-10-18-40)23-27(3)34(30)35-16-7-2/h6,11,16,23,25,29,31H,4,7-10,12-15,17-22,24,26H2,1-3,5H3,(H,36,37)/b11-6-,35-16?. The summed E-state index contributed by atoms with van der Waals surface area (Å²) in [5.41, 5.74) is 6.41. The van der Waals surface area contributed by atoms with Gasteiger partial charge in [0.2, 0.25) is 0 Å². The quantitative estimate of drug-likeness (QED) is 0.268. The second-order valence-corrected chi connectivity index (χ2v) is 12.2. The van der Waals surface area contributed by atoms with Crippen LogP contribution in [-0.2, 0) is 6.42 Å². The minimum absolute atomic E-state index is 0.380. The number of piperidine rings is 1. The largest absolute Gasteiger partial charge is 0.372 e. The molecule has 220 valence electrons. The molecular weight excluding hydrogens is 492 g/mol. The van der Waals surface area contributed by atoms with Crippen molar-refractivity contribution in [3.05, 3.63) is 47.7 Å². The van der Waals surface area contributed by atoms with Crippen molar-refractivity contribution in [2.24, 2.45) is 15.9 Å². The minimum Gasteiger partial charge on any atom is -0.372 e.